The zero-order valence-electron chi connectivity index (χ0n) is 11.8. The number of rotatable bonds is 5. The molecule has 2 fully saturated rings. The van der Waals surface area contributed by atoms with Gasteiger partial charge in [0, 0.05) is 18.6 Å². The van der Waals surface area contributed by atoms with Gasteiger partial charge in [0.15, 0.2) is 0 Å². The van der Waals surface area contributed by atoms with Crippen LogP contribution in [0.5, 0.6) is 0 Å². The third kappa shape index (κ3) is 3.69. The number of likely N-dealkylation sites (tertiary alicyclic amines) is 1. The summed E-state index contributed by atoms with van der Waals surface area (Å²) in [6.07, 6.45) is 9.94. The average molecular weight is 238 g/mol. The van der Waals surface area contributed by atoms with E-state index in [-0.39, 0.29) is 0 Å². The van der Waals surface area contributed by atoms with Crippen LogP contribution in [-0.2, 0) is 0 Å². The number of hydrogen-bond donors (Lipinski definition) is 1. The Bertz CT molecular complexity index is 217. The van der Waals surface area contributed by atoms with Crippen molar-refractivity contribution in [2.75, 3.05) is 19.6 Å². The molecule has 3 unspecified atom stereocenters. The highest BCUT2D eigenvalue weighted by atomic mass is 15.2. The van der Waals surface area contributed by atoms with E-state index in [2.05, 4.69) is 24.1 Å². The summed E-state index contributed by atoms with van der Waals surface area (Å²) in [6, 6.07) is 1.63. The molecular formula is C15H30N2. The summed E-state index contributed by atoms with van der Waals surface area (Å²) in [5, 5.41) is 3.85. The summed E-state index contributed by atoms with van der Waals surface area (Å²) in [5.74, 6) is 0.993. The summed E-state index contributed by atoms with van der Waals surface area (Å²) in [4.78, 5) is 2.65. The van der Waals surface area contributed by atoms with Crippen molar-refractivity contribution >= 4 is 0 Å². The smallest absolute Gasteiger partial charge is 0.0221 e. The van der Waals surface area contributed by atoms with Crippen LogP contribution >= 0.6 is 0 Å². The fourth-order valence-electron chi connectivity index (χ4n) is 3.69. The van der Waals surface area contributed by atoms with Crippen molar-refractivity contribution < 1.29 is 0 Å². The maximum absolute atomic E-state index is 3.85. The Morgan fingerprint density at radius 1 is 1.12 bits per heavy atom. The molecule has 0 aromatic carbocycles. The molecule has 3 atom stereocenters. The van der Waals surface area contributed by atoms with Gasteiger partial charge in [-0.05, 0) is 44.7 Å². The van der Waals surface area contributed by atoms with Crippen molar-refractivity contribution in [2.45, 2.75) is 70.9 Å². The first kappa shape index (κ1) is 13.4. The molecule has 17 heavy (non-hydrogen) atoms. The summed E-state index contributed by atoms with van der Waals surface area (Å²) >= 11 is 0. The molecule has 0 spiro atoms. The third-order valence-corrected chi connectivity index (χ3v) is 4.91. The number of likely N-dealkylation sites (N-methyl/N-ethyl adjacent to an activating group) is 1. The number of nitrogens with one attached hydrogen (secondary N) is 1. The molecule has 0 aromatic rings. The minimum atomic E-state index is 0.813. The highest BCUT2D eigenvalue weighted by Gasteiger charge is 2.25. The first-order valence-corrected chi connectivity index (χ1v) is 7.80. The number of nitrogens with zero attached hydrogens (tertiary/aromatic N) is 1. The summed E-state index contributed by atoms with van der Waals surface area (Å²) in [7, 11) is 0. The Balaban J connectivity index is 1.70. The molecule has 1 saturated heterocycles. The van der Waals surface area contributed by atoms with Gasteiger partial charge in [-0.1, -0.05) is 33.1 Å². The van der Waals surface area contributed by atoms with Gasteiger partial charge in [-0.15, -0.1) is 0 Å². The van der Waals surface area contributed by atoms with E-state index in [1.54, 1.807) is 0 Å². The number of hydrogen-bond acceptors (Lipinski definition) is 2. The van der Waals surface area contributed by atoms with Crippen LogP contribution in [-0.4, -0.2) is 36.6 Å². The van der Waals surface area contributed by atoms with Gasteiger partial charge in [0.25, 0.3) is 0 Å². The van der Waals surface area contributed by atoms with Crippen LogP contribution in [0.15, 0.2) is 0 Å². The van der Waals surface area contributed by atoms with Crippen LogP contribution in [0.1, 0.15) is 58.8 Å². The molecule has 1 aliphatic heterocycles. The van der Waals surface area contributed by atoms with Crippen LogP contribution in [0.2, 0.25) is 0 Å². The lowest BCUT2D eigenvalue weighted by atomic mass is 9.84. The van der Waals surface area contributed by atoms with Crippen molar-refractivity contribution in [3.05, 3.63) is 0 Å². The maximum atomic E-state index is 3.85. The highest BCUT2D eigenvalue weighted by molar-refractivity contribution is 4.83. The van der Waals surface area contributed by atoms with E-state index in [1.165, 1.54) is 64.6 Å². The SMILES string of the molecule is CCC1CCCC(NCC2CCCN2CC)C1. The molecule has 1 N–H and O–H groups in total. The van der Waals surface area contributed by atoms with Gasteiger partial charge in [-0.25, -0.2) is 0 Å². The maximum Gasteiger partial charge on any atom is 0.0221 e. The minimum absolute atomic E-state index is 0.813. The lowest BCUT2D eigenvalue weighted by Crippen LogP contribution is -2.43. The van der Waals surface area contributed by atoms with E-state index >= 15 is 0 Å². The monoisotopic (exact) mass is 238 g/mol. The van der Waals surface area contributed by atoms with Crippen LogP contribution in [0.4, 0.5) is 0 Å². The fraction of sp³-hybridized carbons (Fsp3) is 1.00. The Morgan fingerprint density at radius 3 is 2.76 bits per heavy atom. The van der Waals surface area contributed by atoms with E-state index in [4.69, 9.17) is 0 Å². The molecule has 0 aromatic heterocycles. The van der Waals surface area contributed by atoms with Crippen molar-refractivity contribution in [1.82, 2.24) is 10.2 Å². The second-order valence-electron chi connectivity index (χ2n) is 5.97. The van der Waals surface area contributed by atoms with Gasteiger partial charge in [-0.2, -0.15) is 0 Å². The first-order chi connectivity index (χ1) is 8.33. The standard InChI is InChI=1S/C15H30N2/c1-3-13-7-5-8-14(11-13)16-12-15-9-6-10-17(15)4-2/h13-16H,3-12H2,1-2H3. The Hall–Kier alpha value is -0.0800. The van der Waals surface area contributed by atoms with Crippen molar-refractivity contribution in [3.8, 4) is 0 Å². The third-order valence-electron chi connectivity index (χ3n) is 4.91. The largest absolute Gasteiger partial charge is 0.312 e. The molecular weight excluding hydrogens is 208 g/mol. The Labute approximate surface area is 107 Å². The molecule has 1 heterocycles. The summed E-state index contributed by atoms with van der Waals surface area (Å²) in [5.41, 5.74) is 0. The molecule has 2 nitrogen and oxygen atoms in total. The van der Waals surface area contributed by atoms with E-state index in [0.29, 0.717) is 0 Å². The predicted octanol–water partition coefficient (Wildman–Crippen LogP) is 3.03. The molecule has 2 heteroatoms. The zero-order chi connectivity index (χ0) is 12.1. The lowest BCUT2D eigenvalue weighted by molar-refractivity contribution is 0.228. The van der Waals surface area contributed by atoms with Crippen molar-refractivity contribution in [2.24, 2.45) is 5.92 Å². The van der Waals surface area contributed by atoms with Crippen LogP contribution in [0.3, 0.4) is 0 Å². The van der Waals surface area contributed by atoms with E-state index in [0.717, 1.165) is 18.0 Å². The topological polar surface area (TPSA) is 15.3 Å². The second-order valence-corrected chi connectivity index (χ2v) is 5.97. The lowest BCUT2D eigenvalue weighted by Gasteiger charge is -2.31. The predicted molar refractivity (Wildman–Crippen MR) is 74.3 cm³/mol. The Kier molecular flexibility index (Phi) is 5.30. The summed E-state index contributed by atoms with van der Waals surface area (Å²) < 4.78 is 0. The van der Waals surface area contributed by atoms with E-state index in [1.807, 2.05) is 0 Å². The van der Waals surface area contributed by atoms with Gasteiger partial charge in [0.1, 0.15) is 0 Å². The van der Waals surface area contributed by atoms with Crippen LogP contribution in [0.25, 0.3) is 0 Å². The van der Waals surface area contributed by atoms with Crippen LogP contribution < -0.4 is 5.32 Å². The summed E-state index contributed by atoms with van der Waals surface area (Å²) in [6.45, 7) is 8.43. The van der Waals surface area contributed by atoms with Gasteiger partial charge >= 0.3 is 0 Å². The van der Waals surface area contributed by atoms with Crippen molar-refractivity contribution in [3.63, 3.8) is 0 Å². The fourth-order valence-corrected chi connectivity index (χ4v) is 3.69. The molecule has 0 radical (unpaired) electrons. The first-order valence-electron chi connectivity index (χ1n) is 7.80. The van der Waals surface area contributed by atoms with E-state index in [9.17, 15) is 0 Å². The normalized spacial score (nSPS) is 35.3. The van der Waals surface area contributed by atoms with Crippen LogP contribution in [0, 0.1) is 5.92 Å². The average Bonchev–Trinajstić information content (AvgIpc) is 2.84. The Morgan fingerprint density at radius 2 is 2.00 bits per heavy atom. The van der Waals surface area contributed by atoms with Crippen molar-refractivity contribution in [1.29, 1.82) is 0 Å². The molecule has 2 aliphatic rings. The highest BCUT2D eigenvalue weighted by Crippen LogP contribution is 2.26. The molecule has 2 rings (SSSR count). The van der Waals surface area contributed by atoms with Gasteiger partial charge < -0.3 is 5.32 Å². The van der Waals surface area contributed by atoms with Gasteiger partial charge in [0.2, 0.25) is 0 Å². The second kappa shape index (κ2) is 6.75. The quantitative estimate of drug-likeness (QED) is 0.792. The molecule has 1 aliphatic carbocycles. The molecule has 1 saturated carbocycles. The van der Waals surface area contributed by atoms with Gasteiger partial charge in [-0.3, -0.25) is 4.90 Å². The van der Waals surface area contributed by atoms with E-state index < -0.39 is 0 Å². The van der Waals surface area contributed by atoms with Gasteiger partial charge in [0.05, 0.1) is 0 Å². The zero-order valence-corrected chi connectivity index (χ0v) is 11.8. The minimum Gasteiger partial charge on any atom is -0.312 e. The molecule has 0 amide bonds. The molecule has 0 bridgehead atoms. The molecule has 100 valence electrons.